The molecule has 0 aliphatic carbocycles. The summed E-state index contributed by atoms with van der Waals surface area (Å²) in [5, 5.41) is 32.3. The van der Waals surface area contributed by atoms with E-state index >= 15 is 0 Å². The summed E-state index contributed by atoms with van der Waals surface area (Å²) >= 11 is 17.3. The molecule has 0 saturated carbocycles. The zero-order valence-corrected chi connectivity index (χ0v) is 30.6. The van der Waals surface area contributed by atoms with Crippen LogP contribution in [0.2, 0.25) is 15.1 Å². The first-order chi connectivity index (χ1) is 24.5. The summed E-state index contributed by atoms with van der Waals surface area (Å²) in [6.45, 7) is 7.66. The van der Waals surface area contributed by atoms with E-state index in [1.165, 1.54) is 31.6 Å². The van der Waals surface area contributed by atoms with Gasteiger partial charge in [0.05, 0.1) is 38.3 Å². The molecule has 0 saturated heterocycles. The van der Waals surface area contributed by atoms with E-state index in [9.17, 15) is 24.3 Å². The Hall–Kier alpha value is -5.21. The molecule has 52 heavy (non-hydrogen) atoms. The van der Waals surface area contributed by atoms with E-state index in [0.717, 1.165) is 10.9 Å². The van der Waals surface area contributed by atoms with Crippen molar-refractivity contribution in [3.8, 4) is 0 Å². The number of carboxylic acid groups (broad SMARTS) is 3. The predicted molar refractivity (Wildman–Crippen MR) is 197 cm³/mol. The van der Waals surface area contributed by atoms with Crippen molar-refractivity contribution in [1.29, 1.82) is 0 Å². The van der Waals surface area contributed by atoms with E-state index in [0.29, 0.717) is 27.0 Å². The standard InChI is InChI=1S/C15H19N3O4.C11H8ClNO2.C10H5Cl2NO2/c1-8(2)15(3)14(21)17-12(18-15)11-10(13(19)20)5-9(6-16-11)7-22-4;1-6-4-7-2-3-8(12)9(11(14)15)10(7)13-5-6;11-6-3-5-1-2-7(12)8(10(14)15)9(5)13-4-6/h5-6,8H,7H2,1-4H3,(H,19,20)(H,17,18,21);2-5H,1H3,(H,14,15);1-4H,(H,14,15). The van der Waals surface area contributed by atoms with Crippen molar-refractivity contribution in [2.45, 2.75) is 39.8 Å². The number of nitrogens with zero attached hydrogens (tertiary/aromatic N) is 4. The number of carbonyl (C=O) groups excluding carboxylic acids is 1. The van der Waals surface area contributed by atoms with Crippen LogP contribution in [0.1, 0.15) is 68.7 Å². The van der Waals surface area contributed by atoms with Crippen LogP contribution in [-0.4, -0.2) is 72.6 Å². The number of carboxylic acids is 3. The van der Waals surface area contributed by atoms with E-state index in [1.54, 1.807) is 37.4 Å². The van der Waals surface area contributed by atoms with Crippen LogP contribution in [0.25, 0.3) is 21.8 Å². The number of aliphatic imine (C=N–C) groups is 1. The van der Waals surface area contributed by atoms with Gasteiger partial charge in [-0.25, -0.2) is 19.4 Å². The van der Waals surface area contributed by atoms with Crippen molar-refractivity contribution in [2.75, 3.05) is 7.11 Å². The average Bonchev–Trinajstić information content (AvgIpc) is 3.39. The summed E-state index contributed by atoms with van der Waals surface area (Å²) in [7, 11) is 1.52. The number of aromatic carboxylic acids is 3. The number of aryl methyl sites for hydroxylation is 1. The van der Waals surface area contributed by atoms with E-state index < -0.39 is 23.4 Å². The SMILES string of the molecule is COCc1cnc(C2=NC(C)(C(C)C)C(=O)N2)c(C(=O)O)c1.Cc1cnc2c(C(=O)O)c(Cl)ccc2c1.O=C(O)c1c(Cl)ccc2cc(Cl)cnc12. The lowest BCUT2D eigenvalue weighted by Gasteiger charge is -2.21. The topological polar surface area (TPSA) is 201 Å². The first kappa shape index (κ1) is 39.6. The molecular formula is C36H32Cl3N5O8. The molecule has 4 heterocycles. The van der Waals surface area contributed by atoms with Gasteiger partial charge in [0.2, 0.25) is 0 Å². The molecule has 1 atom stereocenters. The smallest absolute Gasteiger partial charge is 0.339 e. The lowest BCUT2D eigenvalue weighted by Crippen LogP contribution is -2.41. The van der Waals surface area contributed by atoms with Gasteiger partial charge in [-0.3, -0.25) is 19.7 Å². The second-order valence-electron chi connectivity index (χ2n) is 12.0. The molecular weight excluding hydrogens is 737 g/mol. The molecule has 1 aliphatic rings. The van der Waals surface area contributed by atoms with Gasteiger partial charge in [-0.1, -0.05) is 60.8 Å². The first-order valence-corrected chi connectivity index (χ1v) is 16.5. The number of ether oxygens (including phenoxy) is 1. The van der Waals surface area contributed by atoms with E-state index in [2.05, 4.69) is 25.3 Å². The fourth-order valence-corrected chi connectivity index (χ4v) is 5.63. The maximum absolute atomic E-state index is 12.2. The zero-order valence-electron chi connectivity index (χ0n) is 28.4. The maximum atomic E-state index is 12.2. The Morgan fingerprint density at radius 3 is 1.88 bits per heavy atom. The van der Waals surface area contributed by atoms with Crippen molar-refractivity contribution in [1.82, 2.24) is 20.3 Å². The molecule has 270 valence electrons. The Morgan fingerprint density at radius 2 is 1.38 bits per heavy atom. The van der Waals surface area contributed by atoms with Crippen molar-refractivity contribution in [2.24, 2.45) is 10.9 Å². The molecule has 6 rings (SSSR count). The summed E-state index contributed by atoms with van der Waals surface area (Å²) in [5.41, 5.74) is 1.70. The van der Waals surface area contributed by atoms with E-state index in [-0.39, 0.29) is 56.7 Å². The molecule has 1 amide bonds. The second kappa shape index (κ2) is 16.4. The highest BCUT2D eigenvalue weighted by Gasteiger charge is 2.43. The van der Waals surface area contributed by atoms with Crippen LogP contribution in [0, 0.1) is 12.8 Å². The Balaban J connectivity index is 0.000000179. The molecule has 1 aliphatic heterocycles. The van der Waals surface area contributed by atoms with Crippen LogP contribution in [-0.2, 0) is 16.1 Å². The van der Waals surface area contributed by atoms with Crippen LogP contribution >= 0.6 is 34.8 Å². The lowest BCUT2D eigenvalue weighted by molar-refractivity contribution is -0.124. The highest BCUT2D eigenvalue weighted by atomic mass is 35.5. The minimum absolute atomic E-state index is 0.00540. The Morgan fingerprint density at radius 1 is 0.827 bits per heavy atom. The molecule has 13 nitrogen and oxygen atoms in total. The van der Waals surface area contributed by atoms with Crippen molar-refractivity contribution >= 4 is 86.3 Å². The molecule has 4 N–H and O–H groups in total. The normalized spacial score (nSPS) is 14.9. The molecule has 0 fully saturated rings. The number of fused-ring (bicyclic) bond motifs is 2. The first-order valence-electron chi connectivity index (χ1n) is 15.4. The van der Waals surface area contributed by atoms with Crippen LogP contribution in [0.5, 0.6) is 0 Å². The Kier molecular flexibility index (Phi) is 12.5. The number of rotatable bonds is 7. The van der Waals surface area contributed by atoms with Gasteiger partial charge in [0.1, 0.15) is 22.4 Å². The monoisotopic (exact) mass is 767 g/mol. The number of nitrogens with one attached hydrogen (secondary N) is 1. The minimum Gasteiger partial charge on any atom is -0.478 e. The number of aromatic nitrogens is 3. The van der Waals surface area contributed by atoms with Gasteiger partial charge in [0.25, 0.3) is 5.91 Å². The molecule has 2 aromatic carbocycles. The third kappa shape index (κ3) is 8.62. The Bertz CT molecular complexity index is 2160. The summed E-state index contributed by atoms with van der Waals surface area (Å²) in [4.78, 5) is 62.2. The number of amides is 1. The number of hydrogen-bond donors (Lipinski definition) is 4. The predicted octanol–water partition coefficient (Wildman–Crippen LogP) is 7.35. The van der Waals surface area contributed by atoms with Crippen LogP contribution in [0.4, 0.5) is 0 Å². The highest BCUT2D eigenvalue weighted by molar-refractivity contribution is 6.36. The lowest BCUT2D eigenvalue weighted by atomic mass is 9.89. The number of methoxy groups -OCH3 is 1. The van der Waals surface area contributed by atoms with Crippen LogP contribution in [0.15, 0.2) is 66.0 Å². The van der Waals surface area contributed by atoms with Gasteiger partial charge in [-0.05, 0) is 61.2 Å². The molecule has 16 heteroatoms. The number of hydrogen-bond acceptors (Lipinski definition) is 9. The van der Waals surface area contributed by atoms with Gasteiger partial charge in [-0.15, -0.1) is 0 Å². The molecule has 0 bridgehead atoms. The number of carbonyl (C=O) groups is 4. The minimum atomic E-state index is -1.13. The van der Waals surface area contributed by atoms with E-state index in [1.807, 2.05) is 26.8 Å². The fraction of sp³-hybridized carbons (Fsp3) is 0.222. The number of halogens is 3. The van der Waals surface area contributed by atoms with Gasteiger partial charge >= 0.3 is 17.9 Å². The summed E-state index contributed by atoms with van der Waals surface area (Å²) in [6, 6.07) is 11.6. The Labute approximate surface area is 312 Å². The quantitative estimate of drug-likeness (QED) is 0.129. The summed E-state index contributed by atoms with van der Waals surface area (Å²) in [6.07, 6.45) is 4.54. The van der Waals surface area contributed by atoms with Gasteiger partial charge in [0.15, 0.2) is 5.84 Å². The second-order valence-corrected chi connectivity index (χ2v) is 13.2. The average molecular weight is 769 g/mol. The third-order valence-corrected chi connectivity index (χ3v) is 8.84. The highest BCUT2D eigenvalue weighted by Crippen LogP contribution is 2.29. The molecule has 1 unspecified atom stereocenters. The maximum Gasteiger partial charge on any atom is 0.339 e. The molecule has 0 spiro atoms. The fourth-order valence-electron chi connectivity index (χ4n) is 5.00. The summed E-state index contributed by atoms with van der Waals surface area (Å²) < 4.78 is 4.98. The van der Waals surface area contributed by atoms with Gasteiger partial charge < -0.3 is 25.4 Å². The zero-order chi connectivity index (χ0) is 38.5. The summed E-state index contributed by atoms with van der Waals surface area (Å²) in [5.74, 6) is -3.36. The number of pyridine rings is 3. The van der Waals surface area contributed by atoms with Crippen molar-refractivity contribution < 1.29 is 39.2 Å². The molecule has 5 aromatic rings. The van der Waals surface area contributed by atoms with Crippen molar-refractivity contribution in [3.63, 3.8) is 0 Å². The largest absolute Gasteiger partial charge is 0.478 e. The van der Waals surface area contributed by atoms with Gasteiger partial charge in [-0.2, -0.15) is 0 Å². The molecule has 3 aromatic heterocycles. The van der Waals surface area contributed by atoms with Crippen molar-refractivity contribution in [3.05, 3.63) is 110 Å². The number of benzene rings is 2. The van der Waals surface area contributed by atoms with E-state index in [4.69, 9.17) is 49.8 Å². The molecule has 0 radical (unpaired) electrons. The van der Waals surface area contributed by atoms with Crippen LogP contribution in [0.3, 0.4) is 0 Å². The van der Waals surface area contributed by atoms with Crippen LogP contribution < -0.4 is 5.32 Å². The number of amidine groups is 1. The third-order valence-electron chi connectivity index (χ3n) is 8.01. The van der Waals surface area contributed by atoms with Gasteiger partial charge in [0, 0.05) is 36.5 Å².